The number of aliphatic hydroxyl groups excluding tert-OH is 1. The van der Waals surface area contributed by atoms with Crippen LogP contribution in [0, 0.1) is 5.82 Å². The SMILES string of the molecule is CCCOc1cccc(C2/C(=C(/O)c3ccc(F)cc3)C(=O)C(=O)N2CCCN(C)C)c1. The summed E-state index contributed by atoms with van der Waals surface area (Å²) in [6, 6.07) is 11.7. The molecule has 1 aliphatic heterocycles. The van der Waals surface area contributed by atoms with E-state index in [1.807, 2.05) is 38.1 Å². The number of carbonyl (C=O) groups is 2. The molecule has 1 heterocycles. The van der Waals surface area contributed by atoms with Gasteiger partial charge >= 0.3 is 0 Å². The minimum Gasteiger partial charge on any atom is -0.507 e. The molecule has 170 valence electrons. The maximum absolute atomic E-state index is 13.4. The summed E-state index contributed by atoms with van der Waals surface area (Å²) >= 11 is 0. The Kier molecular flexibility index (Phi) is 7.64. The van der Waals surface area contributed by atoms with Crippen molar-refractivity contribution in [2.24, 2.45) is 0 Å². The lowest BCUT2D eigenvalue weighted by Crippen LogP contribution is -2.32. The van der Waals surface area contributed by atoms with Crippen LogP contribution in [0.25, 0.3) is 5.76 Å². The first kappa shape index (κ1) is 23.5. The van der Waals surface area contributed by atoms with Crippen molar-refractivity contribution in [2.75, 3.05) is 33.8 Å². The first-order valence-corrected chi connectivity index (χ1v) is 10.7. The van der Waals surface area contributed by atoms with Crippen LogP contribution in [0.5, 0.6) is 5.75 Å². The number of rotatable bonds is 9. The highest BCUT2D eigenvalue weighted by Gasteiger charge is 2.45. The van der Waals surface area contributed by atoms with Crippen molar-refractivity contribution in [2.45, 2.75) is 25.8 Å². The normalized spacial score (nSPS) is 17.9. The maximum atomic E-state index is 13.4. The molecule has 1 amide bonds. The number of halogens is 1. The number of ether oxygens (including phenoxy) is 1. The smallest absolute Gasteiger partial charge is 0.295 e. The molecule has 0 radical (unpaired) electrons. The third-order valence-corrected chi connectivity index (χ3v) is 5.31. The number of nitrogens with zero attached hydrogens (tertiary/aromatic N) is 2. The Labute approximate surface area is 187 Å². The molecule has 1 unspecified atom stereocenters. The van der Waals surface area contributed by atoms with Crippen molar-refractivity contribution in [3.63, 3.8) is 0 Å². The van der Waals surface area contributed by atoms with E-state index in [2.05, 4.69) is 0 Å². The van der Waals surface area contributed by atoms with Crippen LogP contribution in [0.3, 0.4) is 0 Å². The fourth-order valence-electron chi connectivity index (χ4n) is 3.77. The monoisotopic (exact) mass is 440 g/mol. The lowest BCUT2D eigenvalue weighted by molar-refractivity contribution is -0.139. The summed E-state index contributed by atoms with van der Waals surface area (Å²) in [6.45, 7) is 3.65. The van der Waals surface area contributed by atoms with E-state index in [-0.39, 0.29) is 16.9 Å². The number of ketones is 1. The van der Waals surface area contributed by atoms with Gasteiger partial charge in [0.2, 0.25) is 0 Å². The molecule has 1 aliphatic rings. The summed E-state index contributed by atoms with van der Waals surface area (Å²) < 4.78 is 19.1. The Bertz CT molecular complexity index is 1000. The van der Waals surface area contributed by atoms with E-state index in [0.717, 1.165) is 13.0 Å². The van der Waals surface area contributed by atoms with E-state index in [1.165, 1.54) is 29.2 Å². The third kappa shape index (κ3) is 5.16. The van der Waals surface area contributed by atoms with Gasteiger partial charge in [-0.15, -0.1) is 0 Å². The van der Waals surface area contributed by atoms with Gasteiger partial charge in [-0.25, -0.2) is 4.39 Å². The lowest BCUT2D eigenvalue weighted by Gasteiger charge is -2.26. The van der Waals surface area contributed by atoms with Gasteiger partial charge in [-0.05, 0) is 75.4 Å². The van der Waals surface area contributed by atoms with Crippen LogP contribution in [0.4, 0.5) is 4.39 Å². The van der Waals surface area contributed by atoms with Crippen molar-refractivity contribution < 1.29 is 23.8 Å². The highest BCUT2D eigenvalue weighted by Crippen LogP contribution is 2.40. The highest BCUT2D eigenvalue weighted by molar-refractivity contribution is 6.46. The van der Waals surface area contributed by atoms with Crippen LogP contribution in [-0.4, -0.2) is 60.4 Å². The predicted octanol–water partition coefficient (Wildman–Crippen LogP) is 3.99. The molecule has 3 rings (SSSR count). The van der Waals surface area contributed by atoms with E-state index < -0.39 is 23.5 Å². The Hall–Kier alpha value is -3.19. The van der Waals surface area contributed by atoms with Crippen LogP contribution < -0.4 is 4.74 Å². The lowest BCUT2D eigenvalue weighted by atomic mass is 9.95. The molecule has 0 aliphatic carbocycles. The Morgan fingerprint density at radius 1 is 1.16 bits per heavy atom. The van der Waals surface area contributed by atoms with Crippen LogP contribution in [0.2, 0.25) is 0 Å². The van der Waals surface area contributed by atoms with E-state index >= 15 is 0 Å². The molecule has 2 aromatic rings. The second-order valence-electron chi connectivity index (χ2n) is 8.08. The number of aliphatic hydroxyl groups is 1. The molecule has 7 heteroatoms. The molecule has 0 aromatic heterocycles. The number of Topliss-reactive ketones (excluding diaryl/α,β-unsaturated/α-hetero) is 1. The molecule has 0 spiro atoms. The van der Waals surface area contributed by atoms with Gasteiger partial charge in [0.25, 0.3) is 11.7 Å². The summed E-state index contributed by atoms with van der Waals surface area (Å²) in [4.78, 5) is 29.5. The Balaban J connectivity index is 2.07. The van der Waals surface area contributed by atoms with Crippen molar-refractivity contribution in [1.29, 1.82) is 0 Å². The average Bonchev–Trinajstić information content (AvgIpc) is 3.02. The summed E-state index contributed by atoms with van der Waals surface area (Å²) in [6.07, 6.45) is 1.51. The van der Waals surface area contributed by atoms with Crippen molar-refractivity contribution in [1.82, 2.24) is 9.80 Å². The summed E-state index contributed by atoms with van der Waals surface area (Å²) in [5.41, 5.74) is 0.950. The number of likely N-dealkylation sites (tertiary alicyclic amines) is 1. The van der Waals surface area contributed by atoms with Crippen molar-refractivity contribution in [3.05, 3.63) is 71.0 Å². The van der Waals surface area contributed by atoms with Gasteiger partial charge in [-0.2, -0.15) is 0 Å². The fourth-order valence-corrected chi connectivity index (χ4v) is 3.77. The molecule has 2 aromatic carbocycles. The van der Waals surface area contributed by atoms with Gasteiger partial charge in [0.1, 0.15) is 17.3 Å². The average molecular weight is 441 g/mol. The molecular formula is C25H29FN2O4. The zero-order chi connectivity index (χ0) is 23.3. The van der Waals surface area contributed by atoms with Gasteiger partial charge in [0.15, 0.2) is 0 Å². The van der Waals surface area contributed by atoms with Crippen LogP contribution in [0.1, 0.15) is 36.9 Å². The topological polar surface area (TPSA) is 70.1 Å². The summed E-state index contributed by atoms with van der Waals surface area (Å²) in [5.74, 6) is -1.55. The molecule has 0 saturated carbocycles. The number of hydrogen-bond acceptors (Lipinski definition) is 5. The molecular weight excluding hydrogens is 411 g/mol. The van der Waals surface area contributed by atoms with E-state index in [4.69, 9.17) is 4.74 Å². The molecule has 0 bridgehead atoms. The zero-order valence-electron chi connectivity index (χ0n) is 18.7. The van der Waals surface area contributed by atoms with Gasteiger partial charge in [0, 0.05) is 12.1 Å². The molecule has 32 heavy (non-hydrogen) atoms. The maximum Gasteiger partial charge on any atom is 0.295 e. The molecule has 1 saturated heterocycles. The number of carbonyl (C=O) groups excluding carboxylic acids is 2. The third-order valence-electron chi connectivity index (χ3n) is 5.31. The molecule has 1 N–H and O–H groups in total. The van der Waals surface area contributed by atoms with E-state index in [1.54, 1.807) is 12.1 Å². The predicted molar refractivity (Wildman–Crippen MR) is 121 cm³/mol. The van der Waals surface area contributed by atoms with Gasteiger partial charge in [0.05, 0.1) is 18.2 Å². The Morgan fingerprint density at radius 3 is 2.53 bits per heavy atom. The molecule has 6 nitrogen and oxygen atoms in total. The first-order valence-electron chi connectivity index (χ1n) is 10.7. The molecule has 1 fully saturated rings. The van der Waals surface area contributed by atoms with Crippen molar-refractivity contribution in [3.8, 4) is 5.75 Å². The van der Waals surface area contributed by atoms with E-state index in [9.17, 15) is 19.1 Å². The second-order valence-corrected chi connectivity index (χ2v) is 8.08. The minimum atomic E-state index is -0.757. The zero-order valence-corrected chi connectivity index (χ0v) is 18.7. The summed E-state index contributed by atoms with van der Waals surface area (Å²) in [5, 5.41) is 11.0. The summed E-state index contributed by atoms with van der Waals surface area (Å²) in [7, 11) is 3.88. The standard InChI is InChI=1S/C25H29FN2O4/c1-4-15-32-20-8-5-7-18(16-20)22-21(23(29)17-9-11-19(26)12-10-17)24(30)25(31)28(22)14-6-13-27(2)3/h5,7-12,16,22,29H,4,6,13-15H2,1-3H3/b23-21-. The van der Waals surface area contributed by atoms with Gasteiger partial charge < -0.3 is 19.6 Å². The van der Waals surface area contributed by atoms with Crippen LogP contribution >= 0.6 is 0 Å². The van der Waals surface area contributed by atoms with Crippen LogP contribution in [-0.2, 0) is 9.59 Å². The number of hydrogen-bond donors (Lipinski definition) is 1. The minimum absolute atomic E-state index is 0.000831. The van der Waals surface area contributed by atoms with E-state index in [0.29, 0.717) is 30.9 Å². The number of amides is 1. The number of benzene rings is 2. The highest BCUT2D eigenvalue weighted by atomic mass is 19.1. The fraction of sp³-hybridized carbons (Fsp3) is 0.360. The van der Waals surface area contributed by atoms with Gasteiger partial charge in [-0.3, -0.25) is 9.59 Å². The molecule has 1 atom stereocenters. The van der Waals surface area contributed by atoms with Crippen molar-refractivity contribution >= 4 is 17.4 Å². The van der Waals surface area contributed by atoms with Crippen LogP contribution in [0.15, 0.2) is 54.1 Å². The first-order chi connectivity index (χ1) is 15.3. The quantitative estimate of drug-likeness (QED) is 0.363. The van der Waals surface area contributed by atoms with Gasteiger partial charge in [-0.1, -0.05) is 19.1 Å². The Morgan fingerprint density at radius 2 is 1.88 bits per heavy atom. The second kappa shape index (κ2) is 10.4. The largest absolute Gasteiger partial charge is 0.507 e.